The highest BCUT2D eigenvalue weighted by Crippen LogP contribution is 2.18. The molecule has 0 spiro atoms. The largest absolute Gasteiger partial charge is 0.489 e. The van der Waals surface area contributed by atoms with Crippen molar-refractivity contribution in [3.05, 3.63) is 75.3 Å². The number of hydrogen-bond donors (Lipinski definition) is 1. The van der Waals surface area contributed by atoms with Crippen molar-refractivity contribution in [1.29, 1.82) is 5.26 Å². The summed E-state index contributed by atoms with van der Waals surface area (Å²) in [6, 6.07) is 14.9. The van der Waals surface area contributed by atoms with E-state index in [1.807, 2.05) is 19.9 Å². The van der Waals surface area contributed by atoms with Gasteiger partial charge >= 0.3 is 0 Å². The first kappa shape index (κ1) is 19.7. The zero-order chi connectivity index (χ0) is 19.8. The molecule has 0 heterocycles. The van der Waals surface area contributed by atoms with Crippen LogP contribution in [0.1, 0.15) is 25.0 Å². The third-order valence-corrected chi connectivity index (χ3v) is 3.50. The van der Waals surface area contributed by atoms with E-state index in [9.17, 15) is 14.9 Å². The molecule has 7 nitrogen and oxygen atoms in total. The summed E-state index contributed by atoms with van der Waals surface area (Å²) < 4.78 is 5.63. The van der Waals surface area contributed by atoms with Gasteiger partial charge in [0.05, 0.1) is 4.92 Å². The standard InChI is InChI=1S/C20H19N3O4/c1-14(2)22-20(24)17(12-21)10-15-6-8-19(9-7-15)27-13-16-4-3-5-18(11-16)23(25)26/h3-11,14H,13H2,1-2H3,(H,22,24). The topological polar surface area (TPSA) is 105 Å². The summed E-state index contributed by atoms with van der Waals surface area (Å²) in [7, 11) is 0. The van der Waals surface area contributed by atoms with Crippen LogP contribution in [0.15, 0.2) is 54.1 Å². The van der Waals surface area contributed by atoms with Crippen molar-refractivity contribution in [2.24, 2.45) is 0 Å². The molecule has 0 aliphatic carbocycles. The number of non-ortho nitro benzene ring substituents is 1. The van der Waals surface area contributed by atoms with Crippen molar-refractivity contribution in [2.45, 2.75) is 26.5 Å². The third-order valence-electron chi connectivity index (χ3n) is 3.50. The number of nitriles is 1. The van der Waals surface area contributed by atoms with Crippen molar-refractivity contribution in [2.75, 3.05) is 0 Å². The molecule has 0 fully saturated rings. The van der Waals surface area contributed by atoms with E-state index in [1.165, 1.54) is 18.2 Å². The predicted molar refractivity (Wildman–Crippen MR) is 101 cm³/mol. The Balaban J connectivity index is 2.03. The fraction of sp³-hybridized carbons (Fsp3) is 0.200. The fourth-order valence-corrected chi connectivity index (χ4v) is 2.24. The Bertz CT molecular complexity index is 896. The fourth-order valence-electron chi connectivity index (χ4n) is 2.24. The van der Waals surface area contributed by atoms with Crippen molar-refractivity contribution in [3.8, 4) is 11.8 Å². The summed E-state index contributed by atoms with van der Waals surface area (Å²) in [5.74, 6) is 0.155. The van der Waals surface area contributed by atoms with Crippen LogP contribution in [0.25, 0.3) is 6.08 Å². The molecule has 0 unspecified atom stereocenters. The van der Waals surface area contributed by atoms with Gasteiger partial charge in [0.2, 0.25) is 0 Å². The number of nitro benzene ring substituents is 1. The second kappa shape index (κ2) is 9.15. The predicted octanol–water partition coefficient (Wildman–Crippen LogP) is 3.61. The monoisotopic (exact) mass is 365 g/mol. The molecule has 2 aromatic rings. The van der Waals surface area contributed by atoms with Gasteiger partial charge in [0, 0.05) is 18.2 Å². The molecule has 2 rings (SSSR count). The van der Waals surface area contributed by atoms with Crippen LogP contribution >= 0.6 is 0 Å². The molecule has 0 bridgehead atoms. The Morgan fingerprint density at radius 2 is 2.00 bits per heavy atom. The number of nitrogens with zero attached hydrogens (tertiary/aromatic N) is 2. The van der Waals surface area contributed by atoms with Gasteiger partial charge in [-0.15, -0.1) is 0 Å². The van der Waals surface area contributed by atoms with E-state index < -0.39 is 10.8 Å². The maximum atomic E-state index is 11.9. The first-order valence-corrected chi connectivity index (χ1v) is 8.28. The highest BCUT2D eigenvalue weighted by Gasteiger charge is 2.10. The van der Waals surface area contributed by atoms with Crippen molar-refractivity contribution < 1.29 is 14.5 Å². The van der Waals surface area contributed by atoms with Crippen LogP contribution in [-0.4, -0.2) is 16.9 Å². The van der Waals surface area contributed by atoms with Gasteiger partial charge in [-0.1, -0.05) is 24.3 Å². The van der Waals surface area contributed by atoms with Crippen LogP contribution in [-0.2, 0) is 11.4 Å². The van der Waals surface area contributed by atoms with E-state index in [0.29, 0.717) is 16.9 Å². The van der Waals surface area contributed by atoms with Gasteiger partial charge in [0.1, 0.15) is 24.0 Å². The first-order chi connectivity index (χ1) is 12.9. The van der Waals surface area contributed by atoms with E-state index >= 15 is 0 Å². The molecule has 0 aliphatic rings. The van der Waals surface area contributed by atoms with E-state index in [1.54, 1.807) is 36.4 Å². The molecule has 0 aliphatic heterocycles. The summed E-state index contributed by atoms with van der Waals surface area (Å²) >= 11 is 0. The quantitative estimate of drug-likeness (QED) is 0.349. The highest BCUT2D eigenvalue weighted by atomic mass is 16.6. The number of hydrogen-bond acceptors (Lipinski definition) is 5. The second-order valence-electron chi connectivity index (χ2n) is 6.08. The minimum absolute atomic E-state index is 0.0142. The van der Waals surface area contributed by atoms with Crippen molar-refractivity contribution in [3.63, 3.8) is 0 Å². The van der Waals surface area contributed by atoms with Crippen LogP contribution < -0.4 is 10.1 Å². The van der Waals surface area contributed by atoms with Gasteiger partial charge in [-0.3, -0.25) is 14.9 Å². The molecular formula is C20H19N3O4. The van der Waals surface area contributed by atoms with Gasteiger partial charge in [-0.2, -0.15) is 5.26 Å². The molecule has 0 atom stereocenters. The zero-order valence-electron chi connectivity index (χ0n) is 15.0. The Kier molecular flexibility index (Phi) is 6.67. The van der Waals surface area contributed by atoms with Gasteiger partial charge in [0.25, 0.3) is 11.6 Å². The summed E-state index contributed by atoms with van der Waals surface area (Å²) in [6.45, 7) is 3.83. The third kappa shape index (κ3) is 5.97. The highest BCUT2D eigenvalue weighted by molar-refractivity contribution is 6.01. The van der Waals surface area contributed by atoms with Crippen molar-refractivity contribution in [1.82, 2.24) is 5.32 Å². The van der Waals surface area contributed by atoms with Gasteiger partial charge in [-0.05, 0) is 43.2 Å². The van der Waals surface area contributed by atoms with Gasteiger partial charge in [0.15, 0.2) is 0 Å². The van der Waals surface area contributed by atoms with E-state index in [-0.39, 0.29) is 23.9 Å². The molecule has 0 saturated carbocycles. The van der Waals surface area contributed by atoms with Crippen LogP contribution in [0.4, 0.5) is 5.69 Å². The number of rotatable bonds is 7. The molecule has 0 aromatic heterocycles. The molecule has 138 valence electrons. The summed E-state index contributed by atoms with van der Waals surface area (Å²) in [5.41, 5.74) is 1.41. The van der Waals surface area contributed by atoms with Crippen LogP contribution in [0, 0.1) is 21.4 Å². The summed E-state index contributed by atoms with van der Waals surface area (Å²) in [4.78, 5) is 22.3. The lowest BCUT2D eigenvalue weighted by Crippen LogP contribution is -2.30. The lowest BCUT2D eigenvalue weighted by molar-refractivity contribution is -0.384. The smallest absolute Gasteiger partial charge is 0.269 e. The second-order valence-corrected chi connectivity index (χ2v) is 6.08. The summed E-state index contributed by atoms with van der Waals surface area (Å²) in [6.07, 6.45) is 1.50. The number of nitro groups is 1. The Labute approximate surface area is 157 Å². The van der Waals surface area contributed by atoms with E-state index in [2.05, 4.69) is 5.32 Å². The molecule has 1 amide bonds. The lowest BCUT2D eigenvalue weighted by atomic mass is 10.1. The molecule has 2 aromatic carbocycles. The Morgan fingerprint density at radius 3 is 2.59 bits per heavy atom. The maximum Gasteiger partial charge on any atom is 0.269 e. The number of ether oxygens (including phenoxy) is 1. The van der Waals surface area contributed by atoms with E-state index in [4.69, 9.17) is 10.00 Å². The maximum absolute atomic E-state index is 11.9. The van der Waals surface area contributed by atoms with Crippen molar-refractivity contribution >= 4 is 17.7 Å². The number of carbonyl (C=O) groups is 1. The zero-order valence-corrected chi connectivity index (χ0v) is 15.0. The van der Waals surface area contributed by atoms with Crippen LogP contribution in [0.2, 0.25) is 0 Å². The normalized spacial score (nSPS) is 11.0. The first-order valence-electron chi connectivity index (χ1n) is 8.28. The minimum atomic E-state index is -0.452. The summed E-state index contributed by atoms with van der Waals surface area (Å²) in [5, 5.41) is 22.6. The molecular weight excluding hydrogens is 346 g/mol. The molecule has 7 heteroatoms. The molecule has 27 heavy (non-hydrogen) atoms. The van der Waals surface area contributed by atoms with Crippen LogP contribution in [0.5, 0.6) is 5.75 Å². The number of amides is 1. The number of nitrogens with one attached hydrogen (secondary N) is 1. The Hall–Kier alpha value is -3.66. The van der Waals surface area contributed by atoms with E-state index in [0.717, 1.165) is 0 Å². The SMILES string of the molecule is CC(C)NC(=O)C(C#N)=Cc1ccc(OCc2cccc([N+](=O)[O-])c2)cc1. The minimum Gasteiger partial charge on any atom is -0.489 e. The number of carbonyl (C=O) groups excluding carboxylic acids is 1. The lowest BCUT2D eigenvalue weighted by Gasteiger charge is -2.08. The average Bonchev–Trinajstić information content (AvgIpc) is 2.65. The van der Waals surface area contributed by atoms with Gasteiger partial charge in [-0.25, -0.2) is 0 Å². The van der Waals surface area contributed by atoms with Crippen LogP contribution in [0.3, 0.4) is 0 Å². The molecule has 0 radical (unpaired) electrons. The molecule has 1 N–H and O–H groups in total. The average molecular weight is 365 g/mol. The molecule has 0 saturated heterocycles. The van der Waals surface area contributed by atoms with Gasteiger partial charge < -0.3 is 10.1 Å². The Morgan fingerprint density at radius 1 is 1.30 bits per heavy atom. The number of benzene rings is 2.